The number of thiophene rings is 2. The highest BCUT2D eigenvalue weighted by molar-refractivity contribution is 7.25. The van der Waals surface area contributed by atoms with E-state index >= 15 is 0 Å². The zero-order chi connectivity index (χ0) is 45.0. The Morgan fingerprint density at radius 1 is 0.294 bits per heavy atom. The van der Waals surface area contributed by atoms with Crippen LogP contribution in [-0.4, -0.2) is 0 Å². The van der Waals surface area contributed by atoms with E-state index in [2.05, 4.69) is 276 Å². The Hall–Kier alpha value is -8.22. The number of benzene rings is 9. The third-order valence-electron chi connectivity index (χ3n) is 13.5. The summed E-state index contributed by atoms with van der Waals surface area (Å²) in [5.41, 5.74) is 17.5. The standard InChI is InChI=1S/C63H43N3S2/c1-6-20-46(21-7-1)64(47-22-8-2-9-23-47)51-38-34-44(35-39-51)59-42-55-61(67-59)62-56(63(55)53-30-16-18-32-57(53)66(50-28-14-5-15-29-50)58-33-19-17-31-54(58)63)43-60(68-62)45-36-40-52(41-37-45)65(48-24-10-3-11-25-48)49-26-12-4-13-27-49/h1-43H. The van der Waals surface area contributed by atoms with Gasteiger partial charge in [-0.15, -0.1) is 22.7 Å². The smallest absolute Gasteiger partial charge is 0.0771 e. The fourth-order valence-corrected chi connectivity index (χ4v) is 13.1. The molecule has 5 heteroatoms. The largest absolute Gasteiger partial charge is 0.311 e. The summed E-state index contributed by atoms with van der Waals surface area (Å²) >= 11 is 3.85. The van der Waals surface area contributed by atoms with E-state index in [4.69, 9.17) is 0 Å². The Labute approximate surface area is 405 Å². The first kappa shape index (κ1) is 40.1. The maximum atomic E-state index is 2.51. The Balaban J connectivity index is 0.973. The number of rotatable bonds is 9. The molecule has 322 valence electrons. The van der Waals surface area contributed by atoms with Crippen LogP contribution >= 0.6 is 22.7 Å². The SMILES string of the molecule is c1ccc(N(c2ccccc2)c2ccc(-c3cc4c(s3)-c3sc(-c5ccc(N(c6ccccc6)c6ccccc6)cc5)cc3C43c4ccccc4N(c4ccccc4)c4ccccc43)cc2)cc1. The molecule has 11 aromatic rings. The molecule has 2 aromatic heterocycles. The molecule has 0 saturated heterocycles. The third-order valence-corrected chi connectivity index (χ3v) is 16.0. The Morgan fingerprint density at radius 3 is 0.971 bits per heavy atom. The van der Waals surface area contributed by atoms with Crippen molar-refractivity contribution in [3.05, 3.63) is 283 Å². The zero-order valence-electron chi connectivity index (χ0n) is 37.0. The van der Waals surface area contributed by atoms with Crippen LogP contribution in [0.25, 0.3) is 30.6 Å². The lowest BCUT2D eigenvalue weighted by molar-refractivity contribution is 0.756. The van der Waals surface area contributed by atoms with E-state index in [0.29, 0.717) is 0 Å². The Kier molecular flexibility index (Phi) is 9.78. The van der Waals surface area contributed by atoms with Crippen LogP contribution in [0.1, 0.15) is 22.3 Å². The Bertz CT molecular complexity index is 3250. The van der Waals surface area contributed by atoms with Gasteiger partial charge in [-0.1, -0.05) is 152 Å². The van der Waals surface area contributed by atoms with Crippen molar-refractivity contribution >= 4 is 73.9 Å². The Morgan fingerprint density at radius 2 is 0.603 bits per heavy atom. The van der Waals surface area contributed by atoms with Gasteiger partial charge in [-0.2, -0.15) is 0 Å². The summed E-state index contributed by atoms with van der Waals surface area (Å²) in [6.07, 6.45) is 0. The highest BCUT2D eigenvalue weighted by atomic mass is 32.1. The maximum Gasteiger partial charge on any atom is 0.0771 e. The summed E-state index contributed by atoms with van der Waals surface area (Å²) in [5, 5.41) is 0. The van der Waals surface area contributed by atoms with Gasteiger partial charge in [-0.25, -0.2) is 0 Å². The topological polar surface area (TPSA) is 9.72 Å². The van der Waals surface area contributed by atoms with Crippen LogP contribution in [0.5, 0.6) is 0 Å². The first-order valence-corrected chi connectivity index (χ1v) is 24.7. The number of hydrogen-bond donors (Lipinski definition) is 0. The van der Waals surface area contributed by atoms with Gasteiger partial charge in [0.05, 0.1) is 26.5 Å². The molecular weight excluding hydrogens is 863 g/mol. The number of fused-ring (bicyclic) bond motifs is 9. The molecule has 68 heavy (non-hydrogen) atoms. The van der Waals surface area contributed by atoms with Gasteiger partial charge in [0.15, 0.2) is 0 Å². The van der Waals surface area contributed by atoms with Gasteiger partial charge >= 0.3 is 0 Å². The molecule has 1 aliphatic heterocycles. The second-order valence-electron chi connectivity index (χ2n) is 17.3. The van der Waals surface area contributed by atoms with Gasteiger partial charge in [0, 0.05) is 49.6 Å². The van der Waals surface area contributed by atoms with Gasteiger partial charge < -0.3 is 14.7 Å². The van der Waals surface area contributed by atoms with E-state index in [1.807, 2.05) is 22.7 Å². The molecule has 3 nitrogen and oxygen atoms in total. The van der Waals surface area contributed by atoms with E-state index in [0.717, 1.165) is 39.8 Å². The van der Waals surface area contributed by atoms with E-state index in [1.165, 1.54) is 64.3 Å². The lowest BCUT2D eigenvalue weighted by atomic mass is 9.65. The van der Waals surface area contributed by atoms with Gasteiger partial charge in [-0.3, -0.25) is 0 Å². The van der Waals surface area contributed by atoms with Crippen molar-refractivity contribution in [1.29, 1.82) is 0 Å². The average Bonchev–Trinajstić information content (AvgIpc) is 4.12. The van der Waals surface area contributed by atoms with Crippen LogP contribution in [0.2, 0.25) is 0 Å². The summed E-state index contributed by atoms with van der Waals surface area (Å²) < 4.78 is 0. The average molecular weight is 906 g/mol. The highest BCUT2D eigenvalue weighted by Crippen LogP contribution is 2.67. The second-order valence-corrected chi connectivity index (χ2v) is 19.4. The third kappa shape index (κ3) is 6.46. The fraction of sp³-hybridized carbons (Fsp3) is 0.0159. The van der Waals surface area contributed by atoms with Crippen LogP contribution in [0.15, 0.2) is 261 Å². The molecule has 0 unspecified atom stereocenters. The number of hydrogen-bond acceptors (Lipinski definition) is 5. The van der Waals surface area contributed by atoms with Crippen LogP contribution in [0, 0.1) is 0 Å². The molecule has 3 heterocycles. The van der Waals surface area contributed by atoms with Crippen LogP contribution in [0.4, 0.5) is 51.2 Å². The normalized spacial score (nSPS) is 12.8. The first-order chi connectivity index (χ1) is 33.7. The summed E-state index contributed by atoms with van der Waals surface area (Å²) in [4.78, 5) is 12.3. The lowest BCUT2D eigenvalue weighted by Gasteiger charge is -2.44. The molecule has 0 fully saturated rings. The van der Waals surface area contributed by atoms with Gasteiger partial charge in [0.2, 0.25) is 0 Å². The van der Waals surface area contributed by atoms with E-state index in [1.54, 1.807) is 0 Å². The molecule has 1 aliphatic carbocycles. The highest BCUT2D eigenvalue weighted by Gasteiger charge is 2.53. The van der Waals surface area contributed by atoms with Gasteiger partial charge in [-0.05, 0) is 143 Å². The van der Waals surface area contributed by atoms with Crippen LogP contribution < -0.4 is 14.7 Å². The van der Waals surface area contributed by atoms with Crippen molar-refractivity contribution in [1.82, 2.24) is 0 Å². The molecule has 1 spiro atoms. The van der Waals surface area contributed by atoms with Crippen LogP contribution in [-0.2, 0) is 5.41 Å². The fourth-order valence-electron chi connectivity index (χ4n) is 10.5. The monoisotopic (exact) mass is 905 g/mol. The number of para-hydroxylation sites is 7. The molecule has 0 radical (unpaired) electrons. The van der Waals surface area contributed by atoms with Crippen molar-refractivity contribution in [2.45, 2.75) is 5.41 Å². The zero-order valence-corrected chi connectivity index (χ0v) is 38.6. The first-order valence-electron chi connectivity index (χ1n) is 23.1. The quantitative estimate of drug-likeness (QED) is 0.143. The van der Waals surface area contributed by atoms with Crippen molar-refractivity contribution in [3.8, 4) is 30.6 Å². The summed E-state index contributed by atoms with van der Waals surface area (Å²) in [7, 11) is 0. The molecular formula is C63H43N3S2. The molecule has 9 aromatic carbocycles. The summed E-state index contributed by atoms with van der Waals surface area (Å²) in [5.74, 6) is 0. The van der Waals surface area contributed by atoms with E-state index in [9.17, 15) is 0 Å². The van der Waals surface area contributed by atoms with Crippen molar-refractivity contribution in [2.75, 3.05) is 14.7 Å². The minimum absolute atomic E-state index is 0.540. The molecule has 0 bridgehead atoms. The van der Waals surface area contributed by atoms with E-state index < -0.39 is 5.41 Å². The predicted octanol–water partition coefficient (Wildman–Crippen LogP) is 18.2. The van der Waals surface area contributed by atoms with Crippen molar-refractivity contribution in [2.24, 2.45) is 0 Å². The molecule has 2 aliphatic rings. The van der Waals surface area contributed by atoms with Crippen molar-refractivity contribution < 1.29 is 0 Å². The minimum atomic E-state index is -0.540. The molecule has 0 amide bonds. The summed E-state index contributed by atoms with van der Waals surface area (Å²) in [6.45, 7) is 0. The molecule has 13 rings (SSSR count). The molecule has 0 atom stereocenters. The molecule has 0 N–H and O–H groups in total. The van der Waals surface area contributed by atoms with Gasteiger partial charge in [0.25, 0.3) is 0 Å². The second kappa shape index (κ2) is 16.6. The van der Waals surface area contributed by atoms with Crippen LogP contribution in [0.3, 0.4) is 0 Å². The van der Waals surface area contributed by atoms with E-state index in [-0.39, 0.29) is 0 Å². The molecule has 0 saturated carbocycles. The number of anilines is 9. The minimum Gasteiger partial charge on any atom is -0.311 e. The maximum absolute atomic E-state index is 2.51. The van der Waals surface area contributed by atoms with Crippen molar-refractivity contribution in [3.63, 3.8) is 0 Å². The van der Waals surface area contributed by atoms with Gasteiger partial charge in [0.1, 0.15) is 0 Å². The summed E-state index contributed by atoms with van der Waals surface area (Å²) in [6, 6.07) is 94.9. The number of nitrogens with zero attached hydrogens (tertiary/aromatic N) is 3. The predicted molar refractivity (Wildman–Crippen MR) is 288 cm³/mol. The lowest BCUT2D eigenvalue weighted by Crippen LogP contribution is -2.35.